The standard InChI is InChI=1S/C6H10N4O2S/c11-13(12)8-5-7-6(9-13)10-3-1-2-4-10/h5H,1-4H2,(H,7,8,9). The van der Waals surface area contributed by atoms with Crippen LogP contribution in [0.3, 0.4) is 0 Å². The van der Waals surface area contributed by atoms with E-state index in [9.17, 15) is 8.42 Å². The van der Waals surface area contributed by atoms with Gasteiger partial charge in [-0.3, -0.25) is 0 Å². The van der Waals surface area contributed by atoms with E-state index in [1.807, 2.05) is 4.90 Å². The molecule has 1 fully saturated rings. The minimum atomic E-state index is -3.62. The molecule has 0 bridgehead atoms. The molecule has 1 N–H and O–H groups in total. The van der Waals surface area contributed by atoms with Crippen molar-refractivity contribution in [3.63, 3.8) is 0 Å². The molecule has 0 spiro atoms. The molecule has 0 atom stereocenters. The largest absolute Gasteiger partial charge is 0.367 e. The van der Waals surface area contributed by atoms with Gasteiger partial charge in [0.1, 0.15) is 6.34 Å². The quantitative estimate of drug-likeness (QED) is 0.564. The monoisotopic (exact) mass is 202 g/mol. The summed E-state index contributed by atoms with van der Waals surface area (Å²) >= 11 is 0. The fraction of sp³-hybridized carbons (Fsp3) is 0.667. The highest BCUT2D eigenvalue weighted by Gasteiger charge is 2.20. The summed E-state index contributed by atoms with van der Waals surface area (Å²) < 4.78 is 28.6. The van der Waals surface area contributed by atoms with E-state index in [0.29, 0.717) is 5.96 Å². The molecule has 2 aliphatic rings. The Bertz CT molecular complexity index is 353. The smallest absolute Gasteiger partial charge is 0.342 e. The Balaban J connectivity index is 2.20. The zero-order valence-corrected chi connectivity index (χ0v) is 7.79. The summed E-state index contributed by atoms with van der Waals surface area (Å²) in [6.45, 7) is 1.71. The maximum Gasteiger partial charge on any atom is 0.367 e. The summed E-state index contributed by atoms with van der Waals surface area (Å²) in [5.41, 5.74) is 0. The topological polar surface area (TPSA) is 74.1 Å². The summed E-state index contributed by atoms with van der Waals surface area (Å²) in [4.78, 5) is 1.91. The molecular formula is C6H10N4O2S. The molecule has 0 aromatic rings. The normalized spacial score (nSPS) is 25.5. The predicted octanol–water partition coefficient (Wildman–Crippen LogP) is -0.685. The van der Waals surface area contributed by atoms with E-state index in [1.165, 1.54) is 0 Å². The van der Waals surface area contributed by atoms with Gasteiger partial charge in [-0.2, -0.15) is 8.42 Å². The highest BCUT2D eigenvalue weighted by Crippen LogP contribution is 2.09. The second kappa shape index (κ2) is 2.99. The van der Waals surface area contributed by atoms with Gasteiger partial charge in [0.25, 0.3) is 0 Å². The summed E-state index contributed by atoms with van der Waals surface area (Å²) in [6.07, 6.45) is 3.33. The molecule has 0 amide bonds. The molecular weight excluding hydrogens is 192 g/mol. The first-order chi connectivity index (χ1) is 6.17. The molecule has 2 rings (SSSR count). The lowest BCUT2D eigenvalue weighted by Gasteiger charge is -2.19. The first-order valence-electron chi connectivity index (χ1n) is 4.08. The van der Waals surface area contributed by atoms with Crippen molar-refractivity contribution in [2.45, 2.75) is 12.8 Å². The van der Waals surface area contributed by atoms with Gasteiger partial charge in [0, 0.05) is 13.1 Å². The van der Waals surface area contributed by atoms with Crippen LogP contribution in [0, 0.1) is 0 Å². The summed E-state index contributed by atoms with van der Waals surface area (Å²) in [5, 5.41) is 2.72. The van der Waals surface area contributed by atoms with E-state index in [-0.39, 0.29) is 0 Å². The maximum atomic E-state index is 11.0. The number of nitrogens with one attached hydrogen (secondary N) is 1. The maximum absolute atomic E-state index is 11.0. The molecule has 0 aromatic carbocycles. The van der Waals surface area contributed by atoms with E-state index in [0.717, 1.165) is 32.3 Å². The fourth-order valence-electron chi connectivity index (χ4n) is 1.39. The molecule has 2 heterocycles. The van der Waals surface area contributed by atoms with Crippen molar-refractivity contribution in [2.24, 2.45) is 8.80 Å². The van der Waals surface area contributed by atoms with Crippen LogP contribution < -0.4 is 5.32 Å². The average molecular weight is 202 g/mol. The van der Waals surface area contributed by atoms with Crippen LogP contribution in [0.25, 0.3) is 0 Å². The summed E-state index contributed by atoms with van der Waals surface area (Å²) in [6, 6.07) is 0. The van der Waals surface area contributed by atoms with Gasteiger partial charge < -0.3 is 10.2 Å². The zero-order chi connectivity index (χ0) is 9.31. The van der Waals surface area contributed by atoms with Crippen LogP contribution in [0.15, 0.2) is 8.80 Å². The van der Waals surface area contributed by atoms with Crippen LogP contribution in [0.1, 0.15) is 12.8 Å². The SMILES string of the molecule is O=S1(=O)N=CNC(N2CCCC2)=N1. The Labute approximate surface area is 76.5 Å². The molecule has 0 saturated carbocycles. The lowest BCUT2D eigenvalue weighted by atomic mass is 10.4. The Kier molecular flexibility index (Phi) is 1.95. The molecule has 0 aromatic heterocycles. The Morgan fingerprint density at radius 3 is 2.69 bits per heavy atom. The van der Waals surface area contributed by atoms with Crippen molar-refractivity contribution in [3.05, 3.63) is 0 Å². The minimum Gasteiger partial charge on any atom is -0.342 e. The second-order valence-corrected chi connectivity index (χ2v) is 4.22. The van der Waals surface area contributed by atoms with Crippen molar-refractivity contribution in [1.82, 2.24) is 10.2 Å². The molecule has 0 aliphatic carbocycles. The van der Waals surface area contributed by atoms with E-state index >= 15 is 0 Å². The number of guanidine groups is 1. The van der Waals surface area contributed by atoms with E-state index < -0.39 is 10.2 Å². The molecule has 1 saturated heterocycles. The van der Waals surface area contributed by atoms with Crippen molar-refractivity contribution in [2.75, 3.05) is 13.1 Å². The first-order valence-corrected chi connectivity index (χ1v) is 5.47. The van der Waals surface area contributed by atoms with E-state index in [2.05, 4.69) is 14.1 Å². The highest BCUT2D eigenvalue weighted by atomic mass is 32.2. The number of hydrogen-bond donors (Lipinski definition) is 1. The number of nitrogens with zero attached hydrogens (tertiary/aromatic N) is 3. The van der Waals surface area contributed by atoms with Gasteiger partial charge in [-0.25, -0.2) is 0 Å². The number of likely N-dealkylation sites (tertiary alicyclic amines) is 1. The van der Waals surface area contributed by atoms with Gasteiger partial charge in [0.05, 0.1) is 0 Å². The third-order valence-corrected chi connectivity index (χ3v) is 2.76. The third kappa shape index (κ3) is 1.80. The van der Waals surface area contributed by atoms with Crippen molar-refractivity contribution in [3.8, 4) is 0 Å². The molecule has 72 valence electrons. The van der Waals surface area contributed by atoms with Crippen LogP contribution >= 0.6 is 0 Å². The van der Waals surface area contributed by atoms with Crippen molar-refractivity contribution in [1.29, 1.82) is 0 Å². The molecule has 0 radical (unpaired) electrons. The Morgan fingerprint density at radius 1 is 1.38 bits per heavy atom. The van der Waals surface area contributed by atoms with Gasteiger partial charge in [-0.05, 0) is 12.8 Å². The van der Waals surface area contributed by atoms with Gasteiger partial charge in [0.2, 0.25) is 5.96 Å². The second-order valence-electron chi connectivity index (χ2n) is 2.94. The third-order valence-electron chi connectivity index (χ3n) is 1.99. The van der Waals surface area contributed by atoms with Crippen molar-refractivity contribution >= 4 is 22.5 Å². The van der Waals surface area contributed by atoms with Gasteiger partial charge in [0.15, 0.2) is 0 Å². The molecule has 2 aliphatic heterocycles. The van der Waals surface area contributed by atoms with Crippen molar-refractivity contribution < 1.29 is 8.42 Å². The average Bonchev–Trinajstić information content (AvgIpc) is 2.53. The molecule has 7 heteroatoms. The highest BCUT2D eigenvalue weighted by molar-refractivity contribution is 7.89. The lowest BCUT2D eigenvalue weighted by molar-refractivity contribution is 0.506. The van der Waals surface area contributed by atoms with Crippen LogP contribution in [0.2, 0.25) is 0 Å². The minimum absolute atomic E-state index is 0.396. The van der Waals surface area contributed by atoms with Crippen LogP contribution in [0.5, 0.6) is 0 Å². The Morgan fingerprint density at radius 2 is 2.08 bits per heavy atom. The molecule has 0 unspecified atom stereocenters. The first kappa shape index (κ1) is 8.49. The molecule has 6 nitrogen and oxygen atoms in total. The Hall–Kier alpha value is -1.11. The lowest BCUT2D eigenvalue weighted by Crippen LogP contribution is -2.41. The summed E-state index contributed by atoms with van der Waals surface area (Å²) in [5.74, 6) is 0.396. The van der Waals surface area contributed by atoms with E-state index in [4.69, 9.17) is 0 Å². The molecule has 13 heavy (non-hydrogen) atoms. The number of rotatable bonds is 0. The number of hydrogen-bond acceptors (Lipinski definition) is 4. The van der Waals surface area contributed by atoms with Crippen LogP contribution in [0.4, 0.5) is 0 Å². The van der Waals surface area contributed by atoms with Gasteiger partial charge in [-0.1, -0.05) is 0 Å². The van der Waals surface area contributed by atoms with Crippen LogP contribution in [-0.4, -0.2) is 38.7 Å². The van der Waals surface area contributed by atoms with E-state index in [1.54, 1.807) is 0 Å². The zero-order valence-electron chi connectivity index (χ0n) is 6.97. The summed E-state index contributed by atoms with van der Waals surface area (Å²) in [7, 11) is -3.62. The van der Waals surface area contributed by atoms with Gasteiger partial charge >= 0.3 is 10.2 Å². The van der Waals surface area contributed by atoms with Gasteiger partial charge in [-0.15, -0.1) is 8.80 Å². The van der Waals surface area contributed by atoms with Crippen LogP contribution in [-0.2, 0) is 10.2 Å². The predicted molar refractivity (Wildman–Crippen MR) is 48.8 cm³/mol. The fourth-order valence-corrected chi connectivity index (χ4v) is 2.01.